The Morgan fingerprint density at radius 1 is 1.62 bits per heavy atom. The average Bonchev–Trinajstić information content (AvgIpc) is 2.67. The van der Waals surface area contributed by atoms with Crippen LogP contribution in [-0.4, -0.2) is 14.5 Å². The average molecular weight is 260 g/mol. The molecular weight excluding hydrogens is 244 g/mol. The van der Waals surface area contributed by atoms with E-state index < -0.39 is 10.0 Å². The number of sulfonamides is 1. The highest BCUT2D eigenvalue weighted by Crippen LogP contribution is 2.45. The molecule has 90 valence electrons. The fourth-order valence-corrected chi connectivity index (χ4v) is 4.38. The summed E-state index contributed by atoms with van der Waals surface area (Å²) in [5, 5.41) is 1.76. The number of thiophene rings is 1. The third-order valence-corrected chi connectivity index (χ3v) is 5.62. The molecule has 0 aromatic carbocycles. The van der Waals surface area contributed by atoms with Crippen LogP contribution in [-0.2, 0) is 16.6 Å². The molecule has 1 aliphatic carbocycles. The highest BCUT2D eigenvalue weighted by molar-refractivity contribution is 7.89. The maximum Gasteiger partial charge on any atom is 0.241 e. The van der Waals surface area contributed by atoms with Crippen molar-refractivity contribution in [2.75, 3.05) is 0 Å². The van der Waals surface area contributed by atoms with Gasteiger partial charge in [-0.25, -0.2) is 13.1 Å². The van der Waals surface area contributed by atoms with Crippen LogP contribution in [0.15, 0.2) is 16.3 Å². The predicted molar refractivity (Wildman–Crippen MR) is 64.7 cm³/mol. The molecule has 0 spiro atoms. The Kier molecular flexibility index (Phi) is 2.86. The van der Waals surface area contributed by atoms with Crippen LogP contribution >= 0.6 is 11.3 Å². The van der Waals surface area contributed by atoms with Gasteiger partial charge in [0.15, 0.2) is 0 Å². The van der Waals surface area contributed by atoms with Crippen molar-refractivity contribution in [1.29, 1.82) is 0 Å². The minimum absolute atomic E-state index is 0.0584. The van der Waals surface area contributed by atoms with Crippen LogP contribution in [0.3, 0.4) is 0 Å². The van der Waals surface area contributed by atoms with Gasteiger partial charge in [-0.2, -0.15) is 0 Å². The smallest absolute Gasteiger partial charge is 0.241 e. The quantitative estimate of drug-likeness (QED) is 0.856. The lowest BCUT2D eigenvalue weighted by atomic mass is 10.2. The molecule has 1 heterocycles. The molecular formula is C10H16N2O2S2. The van der Waals surface area contributed by atoms with Gasteiger partial charge in [-0.3, -0.25) is 0 Å². The summed E-state index contributed by atoms with van der Waals surface area (Å²) >= 11 is 1.38. The fourth-order valence-electron chi connectivity index (χ4n) is 1.64. The van der Waals surface area contributed by atoms with Crippen LogP contribution in [0.5, 0.6) is 0 Å². The Labute approximate surface area is 99.9 Å². The van der Waals surface area contributed by atoms with Gasteiger partial charge in [0.2, 0.25) is 10.0 Å². The van der Waals surface area contributed by atoms with E-state index >= 15 is 0 Å². The van der Waals surface area contributed by atoms with Crippen LogP contribution in [0.2, 0.25) is 0 Å². The van der Waals surface area contributed by atoms with Gasteiger partial charge in [0.05, 0.1) is 4.90 Å². The molecule has 1 aliphatic rings. The van der Waals surface area contributed by atoms with Gasteiger partial charge >= 0.3 is 0 Å². The molecule has 0 saturated heterocycles. The van der Waals surface area contributed by atoms with E-state index in [1.165, 1.54) is 11.3 Å². The first-order valence-corrected chi connectivity index (χ1v) is 7.52. The molecule has 1 atom stereocenters. The Balaban J connectivity index is 2.20. The molecule has 1 fully saturated rings. The molecule has 1 aromatic heterocycles. The van der Waals surface area contributed by atoms with Crippen molar-refractivity contribution >= 4 is 21.4 Å². The van der Waals surface area contributed by atoms with E-state index in [9.17, 15) is 8.42 Å². The van der Waals surface area contributed by atoms with Crippen LogP contribution in [0, 0.1) is 5.41 Å². The van der Waals surface area contributed by atoms with Crippen molar-refractivity contribution in [2.45, 2.75) is 37.8 Å². The Morgan fingerprint density at radius 3 is 2.75 bits per heavy atom. The Morgan fingerprint density at radius 2 is 2.25 bits per heavy atom. The third kappa shape index (κ3) is 2.15. The minimum Gasteiger partial charge on any atom is -0.326 e. The van der Waals surface area contributed by atoms with Crippen molar-refractivity contribution in [2.24, 2.45) is 11.1 Å². The highest BCUT2D eigenvalue weighted by Gasteiger charge is 2.48. The van der Waals surface area contributed by atoms with E-state index in [1.807, 2.05) is 0 Å². The summed E-state index contributed by atoms with van der Waals surface area (Å²) in [7, 11) is -3.39. The summed E-state index contributed by atoms with van der Waals surface area (Å²) in [5.74, 6) is 0. The monoisotopic (exact) mass is 260 g/mol. The molecule has 0 aliphatic heterocycles. The number of hydrogen-bond acceptors (Lipinski definition) is 4. The van der Waals surface area contributed by atoms with Crippen LogP contribution in [0.1, 0.15) is 25.1 Å². The first-order chi connectivity index (χ1) is 7.37. The van der Waals surface area contributed by atoms with E-state index in [2.05, 4.69) is 18.6 Å². The molecule has 1 unspecified atom stereocenters. The zero-order valence-electron chi connectivity index (χ0n) is 9.36. The number of hydrogen-bond donors (Lipinski definition) is 2. The third-order valence-electron chi connectivity index (χ3n) is 2.99. The molecule has 0 amide bonds. The first kappa shape index (κ1) is 12.0. The summed E-state index contributed by atoms with van der Waals surface area (Å²) in [6.07, 6.45) is 0.897. The standard InChI is InChI=1S/C10H16N2O2S2/c1-10(2)5-9(10)12-16(13,14)8-3-4-15-7(8)6-11/h3-4,9,12H,5-6,11H2,1-2H3. The first-order valence-electron chi connectivity index (χ1n) is 5.15. The van der Waals surface area contributed by atoms with Crippen molar-refractivity contribution in [3.05, 3.63) is 16.3 Å². The molecule has 1 aromatic rings. The van der Waals surface area contributed by atoms with Crippen molar-refractivity contribution in [3.63, 3.8) is 0 Å². The lowest BCUT2D eigenvalue weighted by Crippen LogP contribution is -2.29. The van der Waals surface area contributed by atoms with Crippen molar-refractivity contribution in [1.82, 2.24) is 4.72 Å². The second-order valence-electron chi connectivity index (χ2n) is 4.78. The zero-order chi connectivity index (χ0) is 12.0. The number of rotatable bonds is 4. The normalized spacial score (nSPS) is 23.3. The Bertz CT molecular complexity index is 491. The van der Waals surface area contributed by atoms with Crippen molar-refractivity contribution in [3.8, 4) is 0 Å². The Hall–Kier alpha value is -0.430. The van der Waals surface area contributed by atoms with E-state index in [1.54, 1.807) is 11.4 Å². The molecule has 3 N–H and O–H groups in total. The predicted octanol–water partition coefficient (Wildman–Crippen LogP) is 1.28. The zero-order valence-corrected chi connectivity index (χ0v) is 11.0. The van der Waals surface area contributed by atoms with Gasteiger partial charge in [0.1, 0.15) is 0 Å². The second kappa shape index (κ2) is 3.80. The van der Waals surface area contributed by atoms with Gasteiger partial charge in [-0.1, -0.05) is 13.8 Å². The second-order valence-corrected chi connectivity index (χ2v) is 7.46. The van der Waals surface area contributed by atoms with Gasteiger partial charge < -0.3 is 5.73 Å². The fraction of sp³-hybridized carbons (Fsp3) is 0.600. The largest absolute Gasteiger partial charge is 0.326 e. The molecule has 0 radical (unpaired) electrons. The van der Waals surface area contributed by atoms with Gasteiger partial charge in [0.25, 0.3) is 0 Å². The topological polar surface area (TPSA) is 72.2 Å². The van der Waals surface area contributed by atoms with Gasteiger partial charge in [-0.05, 0) is 23.3 Å². The summed E-state index contributed by atoms with van der Waals surface area (Å²) in [6.45, 7) is 4.37. The molecule has 1 saturated carbocycles. The van der Waals surface area contributed by atoms with E-state index in [-0.39, 0.29) is 18.0 Å². The van der Waals surface area contributed by atoms with Gasteiger partial charge in [-0.15, -0.1) is 11.3 Å². The minimum atomic E-state index is -3.39. The van der Waals surface area contributed by atoms with Crippen LogP contribution < -0.4 is 10.5 Å². The lowest BCUT2D eigenvalue weighted by Gasteiger charge is -2.08. The highest BCUT2D eigenvalue weighted by atomic mass is 32.2. The molecule has 16 heavy (non-hydrogen) atoms. The number of nitrogens with one attached hydrogen (secondary N) is 1. The summed E-state index contributed by atoms with van der Waals surface area (Å²) in [5.41, 5.74) is 5.60. The van der Waals surface area contributed by atoms with Crippen LogP contribution in [0.4, 0.5) is 0 Å². The summed E-state index contributed by atoms with van der Waals surface area (Å²) < 4.78 is 26.8. The van der Waals surface area contributed by atoms with Crippen LogP contribution in [0.25, 0.3) is 0 Å². The summed E-state index contributed by atoms with van der Waals surface area (Å²) in [6, 6.07) is 1.67. The molecule has 0 bridgehead atoms. The maximum atomic E-state index is 12.1. The molecule has 6 heteroatoms. The maximum absolute atomic E-state index is 12.1. The van der Waals surface area contributed by atoms with E-state index in [0.717, 1.165) is 6.42 Å². The summed E-state index contributed by atoms with van der Waals surface area (Å²) in [4.78, 5) is 1.05. The molecule has 2 rings (SSSR count). The molecule has 4 nitrogen and oxygen atoms in total. The number of nitrogens with two attached hydrogens (primary N) is 1. The van der Waals surface area contributed by atoms with E-state index in [0.29, 0.717) is 9.77 Å². The van der Waals surface area contributed by atoms with Crippen molar-refractivity contribution < 1.29 is 8.42 Å². The van der Waals surface area contributed by atoms with E-state index in [4.69, 9.17) is 5.73 Å². The van der Waals surface area contributed by atoms with Gasteiger partial charge in [0, 0.05) is 17.5 Å². The lowest BCUT2D eigenvalue weighted by molar-refractivity contribution is 0.554. The SMILES string of the molecule is CC1(C)CC1NS(=O)(=O)c1ccsc1CN.